The molecule has 0 saturated carbocycles. The molecule has 8 nitrogen and oxygen atoms in total. The van der Waals surface area contributed by atoms with Crippen molar-refractivity contribution in [2.45, 2.75) is 13.2 Å². The Morgan fingerprint density at radius 1 is 1.06 bits per heavy atom. The number of carbonyl (C=O) groups excluding carboxylic acids is 3. The largest absolute Gasteiger partial charge is 0.493 e. The van der Waals surface area contributed by atoms with Gasteiger partial charge in [0.15, 0.2) is 11.5 Å². The van der Waals surface area contributed by atoms with Crippen molar-refractivity contribution >= 4 is 46.6 Å². The lowest BCUT2D eigenvalue weighted by atomic mass is 10.1. The van der Waals surface area contributed by atoms with E-state index >= 15 is 0 Å². The summed E-state index contributed by atoms with van der Waals surface area (Å²) in [6, 6.07) is 15.2. The molecule has 10 heteroatoms. The molecule has 35 heavy (non-hydrogen) atoms. The van der Waals surface area contributed by atoms with Crippen molar-refractivity contribution in [3.63, 3.8) is 0 Å². The van der Waals surface area contributed by atoms with E-state index in [1.807, 2.05) is 0 Å². The van der Waals surface area contributed by atoms with Crippen LogP contribution in [0, 0.1) is 0 Å². The number of furan rings is 1. The Morgan fingerprint density at radius 2 is 1.83 bits per heavy atom. The maximum Gasteiger partial charge on any atom is 0.373 e. The van der Waals surface area contributed by atoms with Crippen molar-refractivity contribution in [3.05, 3.63) is 87.2 Å². The first-order valence-electron chi connectivity index (χ1n) is 10.4. The van der Waals surface area contributed by atoms with Gasteiger partial charge in [-0.2, -0.15) is 0 Å². The van der Waals surface area contributed by atoms with Gasteiger partial charge in [-0.25, -0.2) is 4.79 Å². The molecule has 4 rings (SSSR count). The van der Waals surface area contributed by atoms with Crippen LogP contribution in [0.15, 0.2) is 63.9 Å². The lowest BCUT2D eigenvalue weighted by Crippen LogP contribution is -2.27. The van der Waals surface area contributed by atoms with Gasteiger partial charge in [0.2, 0.25) is 5.76 Å². The smallest absolute Gasteiger partial charge is 0.373 e. The van der Waals surface area contributed by atoms with E-state index in [4.69, 9.17) is 25.5 Å². The van der Waals surface area contributed by atoms with Gasteiger partial charge in [-0.3, -0.25) is 14.5 Å². The minimum atomic E-state index is -0.573. The molecule has 0 N–H and O–H groups in total. The Balaban J connectivity index is 1.45. The van der Waals surface area contributed by atoms with Crippen LogP contribution in [0.2, 0.25) is 5.02 Å². The van der Waals surface area contributed by atoms with E-state index in [2.05, 4.69) is 4.74 Å². The van der Waals surface area contributed by atoms with Crippen LogP contribution in [0.5, 0.6) is 11.5 Å². The zero-order chi connectivity index (χ0) is 24.9. The molecule has 0 aliphatic carbocycles. The molecule has 1 aromatic heterocycles. The number of imide groups is 1. The van der Waals surface area contributed by atoms with Gasteiger partial charge in [0.25, 0.3) is 11.1 Å². The van der Waals surface area contributed by atoms with Gasteiger partial charge in [-0.15, -0.1) is 0 Å². The lowest BCUT2D eigenvalue weighted by Gasteiger charge is -2.12. The van der Waals surface area contributed by atoms with E-state index < -0.39 is 5.97 Å². The molecular weight excluding hydrogens is 494 g/mol. The number of nitrogens with zero attached hydrogens (tertiary/aromatic N) is 1. The summed E-state index contributed by atoms with van der Waals surface area (Å²) in [5.41, 5.74) is 1.47. The normalized spacial score (nSPS) is 14.5. The molecule has 1 aliphatic rings. The summed E-state index contributed by atoms with van der Waals surface area (Å²) in [5, 5.41) is 0.243. The first kappa shape index (κ1) is 24.4. The summed E-state index contributed by atoms with van der Waals surface area (Å²) in [7, 11) is 2.77. The maximum atomic E-state index is 12.8. The second kappa shape index (κ2) is 10.7. The van der Waals surface area contributed by atoms with Crippen molar-refractivity contribution in [2.75, 3.05) is 14.2 Å². The van der Waals surface area contributed by atoms with E-state index in [0.717, 1.165) is 17.3 Å². The van der Waals surface area contributed by atoms with Gasteiger partial charge >= 0.3 is 5.97 Å². The molecule has 180 valence electrons. The molecule has 2 amide bonds. The van der Waals surface area contributed by atoms with Crippen LogP contribution in [-0.2, 0) is 22.7 Å². The first-order chi connectivity index (χ1) is 16.9. The highest BCUT2D eigenvalue weighted by atomic mass is 35.5. The number of halogens is 1. The zero-order valence-corrected chi connectivity index (χ0v) is 20.4. The van der Waals surface area contributed by atoms with Crippen LogP contribution < -0.4 is 9.47 Å². The topological polar surface area (TPSA) is 95.3 Å². The molecule has 0 spiro atoms. The van der Waals surface area contributed by atoms with Crippen LogP contribution in [0.3, 0.4) is 0 Å². The third kappa shape index (κ3) is 5.70. The highest BCUT2D eigenvalue weighted by Crippen LogP contribution is 2.35. The molecule has 1 aliphatic heterocycles. The van der Waals surface area contributed by atoms with Gasteiger partial charge in [0.1, 0.15) is 12.4 Å². The predicted molar refractivity (Wildman–Crippen MR) is 130 cm³/mol. The maximum absolute atomic E-state index is 12.8. The van der Waals surface area contributed by atoms with Crippen LogP contribution in [-0.4, -0.2) is 36.2 Å². The molecule has 1 saturated heterocycles. The fourth-order valence-electron chi connectivity index (χ4n) is 3.27. The molecule has 3 aromatic rings. The lowest BCUT2D eigenvalue weighted by molar-refractivity contribution is -0.123. The SMILES string of the molecule is COC(=O)c1ccc(COc2ccc(/C=C3/SC(=O)N(Cc4ccc(Cl)cc4)C3=O)cc2OC)o1. The van der Waals surface area contributed by atoms with E-state index in [1.165, 1.54) is 25.2 Å². The molecular formula is C25H20ClNO7S. The molecule has 0 atom stereocenters. The van der Waals surface area contributed by atoms with Gasteiger partial charge < -0.3 is 18.6 Å². The van der Waals surface area contributed by atoms with E-state index in [-0.39, 0.29) is 30.1 Å². The Kier molecular flexibility index (Phi) is 7.48. The number of methoxy groups -OCH3 is 2. The Labute approximate surface area is 210 Å². The van der Waals surface area contributed by atoms with Crippen molar-refractivity contribution in [1.29, 1.82) is 0 Å². The van der Waals surface area contributed by atoms with Gasteiger partial charge in [-0.1, -0.05) is 29.8 Å². The Bertz CT molecular complexity index is 1300. The highest BCUT2D eigenvalue weighted by molar-refractivity contribution is 8.18. The molecule has 2 heterocycles. The van der Waals surface area contributed by atoms with E-state index in [9.17, 15) is 14.4 Å². The molecule has 1 fully saturated rings. The number of ether oxygens (including phenoxy) is 3. The summed E-state index contributed by atoms with van der Waals surface area (Å²) >= 11 is 6.78. The number of benzene rings is 2. The molecule has 0 unspecified atom stereocenters. The Morgan fingerprint density at radius 3 is 2.54 bits per heavy atom. The van der Waals surface area contributed by atoms with Crippen LogP contribution in [0.25, 0.3) is 6.08 Å². The van der Waals surface area contributed by atoms with Gasteiger partial charge in [0.05, 0.1) is 25.7 Å². The van der Waals surface area contributed by atoms with Crippen LogP contribution in [0.4, 0.5) is 4.79 Å². The average molecular weight is 514 g/mol. The number of hydrogen-bond donors (Lipinski definition) is 0. The monoisotopic (exact) mass is 513 g/mol. The standard InChI is InChI=1S/C25H20ClNO7S/c1-31-21-11-16(5-9-19(21)33-14-18-8-10-20(34-18)24(29)32-2)12-22-23(28)27(25(30)35-22)13-15-3-6-17(26)7-4-15/h3-12H,13-14H2,1-2H3/b22-12+. The summed E-state index contributed by atoms with van der Waals surface area (Å²) in [6.45, 7) is 0.232. The third-order valence-electron chi connectivity index (χ3n) is 5.03. The summed E-state index contributed by atoms with van der Waals surface area (Å²) in [4.78, 5) is 38.3. The number of hydrogen-bond acceptors (Lipinski definition) is 8. The van der Waals surface area contributed by atoms with Crippen molar-refractivity contribution < 1.29 is 33.0 Å². The number of thioether (sulfide) groups is 1. The minimum Gasteiger partial charge on any atom is -0.493 e. The predicted octanol–water partition coefficient (Wildman–Crippen LogP) is 5.54. The van der Waals surface area contributed by atoms with Crippen LogP contribution >= 0.6 is 23.4 Å². The number of rotatable bonds is 8. The average Bonchev–Trinajstić information content (AvgIpc) is 3.44. The summed E-state index contributed by atoms with van der Waals surface area (Å²) in [5.74, 6) is 0.448. The van der Waals surface area contributed by atoms with Crippen molar-refractivity contribution in [2.24, 2.45) is 0 Å². The molecule has 2 aromatic carbocycles. The van der Waals surface area contributed by atoms with Gasteiger partial charge in [0, 0.05) is 5.02 Å². The Hall–Kier alpha value is -3.69. The van der Waals surface area contributed by atoms with E-state index in [0.29, 0.717) is 32.8 Å². The minimum absolute atomic E-state index is 0.0658. The van der Waals surface area contributed by atoms with Crippen molar-refractivity contribution in [1.82, 2.24) is 4.90 Å². The summed E-state index contributed by atoms with van der Waals surface area (Å²) in [6.07, 6.45) is 1.63. The zero-order valence-electron chi connectivity index (χ0n) is 18.8. The second-order valence-corrected chi connectivity index (χ2v) is 8.78. The number of esters is 1. The van der Waals surface area contributed by atoms with Crippen molar-refractivity contribution in [3.8, 4) is 11.5 Å². The second-order valence-electron chi connectivity index (χ2n) is 7.35. The summed E-state index contributed by atoms with van der Waals surface area (Å²) < 4.78 is 21.2. The highest BCUT2D eigenvalue weighted by Gasteiger charge is 2.35. The number of amides is 2. The third-order valence-corrected chi connectivity index (χ3v) is 6.19. The van der Waals surface area contributed by atoms with E-state index in [1.54, 1.807) is 54.6 Å². The first-order valence-corrected chi connectivity index (χ1v) is 11.5. The number of carbonyl (C=O) groups is 3. The quantitative estimate of drug-likeness (QED) is 0.286. The molecule has 0 radical (unpaired) electrons. The van der Waals surface area contributed by atoms with Crippen LogP contribution in [0.1, 0.15) is 27.4 Å². The van der Waals surface area contributed by atoms with Gasteiger partial charge in [-0.05, 0) is 65.4 Å². The fraction of sp³-hybridized carbons (Fsp3) is 0.160. The fourth-order valence-corrected chi connectivity index (χ4v) is 4.23. The molecule has 0 bridgehead atoms.